The van der Waals surface area contributed by atoms with Gasteiger partial charge in [0.2, 0.25) is 5.91 Å². The van der Waals surface area contributed by atoms with Gasteiger partial charge in [-0.15, -0.1) is 0 Å². The number of guanidine groups is 1. The normalized spacial score (nSPS) is 12.5. The van der Waals surface area contributed by atoms with Crippen LogP contribution in [0.1, 0.15) is 20.3 Å². The summed E-state index contributed by atoms with van der Waals surface area (Å²) in [7, 11) is 3.46. The Morgan fingerprint density at radius 2 is 2.12 bits per heavy atom. The minimum atomic E-state index is -0.330. The second-order valence-corrected chi connectivity index (χ2v) is 5.57. The van der Waals surface area contributed by atoms with E-state index < -0.39 is 0 Å². The Kier molecular flexibility index (Phi) is 8.60. The molecule has 0 radical (unpaired) electrons. The van der Waals surface area contributed by atoms with E-state index >= 15 is 0 Å². The minimum absolute atomic E-state index is 0.0566. The first-order valence-electron chi connectivity index (χ1n) is 8.07. The maximum absolute atomic E-state index is 13.1. The first-order chi connectivity index (χ1) is 11.4. The smallest absolute Gasteiger partial charge is 0.223 e. The molecule has 1 atom stereocenters. The molecule has 134 valence electrons. The lowest BCUT2D eigenvalue weighted by Gasteiger charge is -2.16. The molecular formula is C17H27FN4O2. The van der Waals surface area contributed by atoms with Gasteiger partial charge in [-0.25, -0.2) is 9.38 Å². The van der Waals surface area contributed by atoms with Crippen molar-refractivity contribution in [3.05, 3.63) is 30.1 Å². The highest BCUT2D eigenvalue weighted by atomic mass is 19.1. The SMILES string of the molecule is CCNC(=NCC(C)Oc1cccc(F)c1)NCCC(=O)N(C)C. The van der Waals surface area contributed by atoms with E-state index in [9.17, 15) is 9.18 Å². The third kappa shape index (κ3) is 7.80. The van der Waals surface area contributed by atoms with E-state index in [0.29, 0.717) is 37.8 Å². The van der Waals surface area contributed by atoms with Gasteiger partial charge in [0.05, 0.1) is 6.54 Å². The van der Waals surface area contributed by atoms with Crippen LogP contribution >= 0.6 is 0 Å². The molecule has 24 heavy (non-hydrogen) atoms. The Labute approximate surface area is 143 Å². The van der Waals surface area contributed by atoms with E-state index in [1.165, 1.54) is 12.1 Å². The fourth-order valence-corrected chi connectivity index (χ4v) is 1.88. The third-order valence-corrected chi connectivity index (χ3v) is 3.11. The molecular weight excluding hydrogens is 311 g/mol. The first-order valence-corrected chi connectivity index (χ1v) is 8.07. The van der Waals surface area contributed by atoms with Crippen LogP contribution in [0.2, 0.25) is 0 Å². The predicted octanol–water partition coefficient (Wildman–Crippen LogP) is 1.63. The monoisotopic (exact) mass is 338 g/mol. The molecule has 0 aliphatic rings. The number of nitrogens with one attached hydrogen (secondary N) is 2. The van der Waals surface area contributed by atoms with Crippen molar-refractivity contribution in [3.63, 3.8) is 0 Å². The minimum Gasteiger partial charge on any atom is -0.489 e. The highest BCUT2D eigenvalue weighted by Crippen LogP contribution is 2.13. The summed E-state index contributed by atoms with van der Waals surface area (Å²) >= 11 is 0. The molecule has 1 unspecified atom stereocenters. The largest absolute Gasteiger partial charge is 0.489 e. The number of carbonyl (C=O) groups is 1. The van der Waals surface area contributed by atoms with Crippen LogP contribution in [0.25, 0.3) is 0 Å². The molecule has 0 aliphatic heterocycles. The molecule has 0 aromatic heterocycles. The van der Waals surface area contributed by atoms with Crippen LogP contribution in [0.4, 0.5) is 4.39 Å². The number of amides is 1. The number of aliphatic imine (C=N–C) groups is 1. The molecule has 6 nitrogen and oxygen atoms in total. The van der Waals surface area contributed by atoms with Crippen LogP contribution in [0, 0.1) is 5.82 Å². The summed E-state index contributed by atoms with van der Waals surface area (Å²) in [6, 6.07) is 6.03. The number of hydrogen-bond donors (Lipinski definition) is 2. The van der Waals surface area contributed by atoms with E-state index in [-0.39, 0.29) is 17.8 Å². The molecule has 0 fully saturated rings. The molecule has 7 heteroatoms. The fraction of sp³-hybridized carbons (Fsp3) is 0.529. The van der Waals surface area contributed by atoms with Crippen molar-refractivity contribution in [3.8, 4) is 5.75 Å². The third-order valence-electron chi connectivity index (χ3n) is 3.11. The molecule has 2 N–H and O–H groups in total. The second-order valence-electron chi connectivity index (χ2n) is 5.57. The van der Waals surface area contributed by atoms with Crippen LogP contribution in [0.15, 0.2) is 29.3 Å². The zero-order valence-electron chi connectivity index (χ0n) is 14.8. The molecule has 1 rings (SSSR count). The van der Waals surface area contributed by atoms with Gasteiger partial charge in [0, 0.05) is 39.7 Å². The molecule has 1 aromatic rings. The van der Waals surface area contributed by atoms with Gasteiger partial charge in [0.1, 0.15) is 17.7 Å². The van der Waals surface area contributed by atoms with Crippen LogP contribution in [0.3, 0.4) is 0 Å². The summed E-state index contributed by atoms with van der Waals surface area (Å²) in [6.45, 7) is 5.46. The summed E-state index contributed by atoms with van der Waals surface area (Å²) in [5.74, 6) is 0.830. The average Bonchev–Trinajstić information content (AvgIpc) is 2.52. The summed E-state index contributed by atoms with van der Waals surface area (Å²) in [4.78, 5) is 17.5. The van der Waals surface area contributed by atoms with E-state index in [1.54, 1.807) is 31.1 Å². The summed E-state index contributed by atoms with van der Waals surface area (Å²) < 4.78 is 18.8. The summed E-state index contributed by atoms with van der Waals surface area (Å²) in [6.07, 6.45) is 0.193. The van der Waals surface area contributed by atoms with Crippen molar-refractivity contribution in [1.29, 1.82) is 0 Å². The van der Waals surface area contributed by atoms with Crippen molar-refractivity contribution >= 4 is 11.9 Å². The van der Waals surface area contributed by atoms with Crippen molar-refractivity contribution in [2.24, 2.45) is 4.99 Å². The number of carbonyl (C=O) groups excluding carboxylic acids is 1. The van der Waals surface area contributed by atoms with Crippen LogP contribution < -0.4 is 15.4 Å². The molecule has 0 spiro atoms. The molecule has 1 amide bonds. The van der Waals surface area contributed by atoms with Gasteiger partial charge in [-0.3, -0.25) is 4.79 Å². The van der Waals surface area contributed by atoms with Crippen LogP contribution in [-0.2, 0) is 4.79 Å². The number of halogens is 1. The first kappa shape index (κ1) is 19.7. The number of ether oxygens (including phenoxy) is 1. The number of nitrogens with zero attached hydrogens (tertiary/aromatic N) is 2. The maximum Gasteiger partial charge on any atom is 0.223 e. The van der Waals surface area contributed by atoms with Crippen LogP contribution in [-0.4, -0.2) is 56.6 Å². The van der Waals surface area contributed by atoms with Gasteiger partial charge in [-0.05, 0) is 26.0 Å². The standard InChI is InChI=1S/C17H27FN4O2/c1-5-19-17(20-10-9-16(23)22(3)4)21-12-13(2)24-15-8-6-7-14(18)11-15/h6-8,11,13H,5,9-10,12H2,1-4H3,(H2,19,20,21). The Hall–Kier alpha value is -2.31. The van der Waals surface area contributed by atoms with Crippen molar-refractivity contribution in [2.75, 3.05) is 33.7 Å². The Bertz CT molecular complexity index is 549. The zero-order valence-corrected chi connectivity index (χ0v) is 14.8. The summed E-state index contributed by atoms with van der Waals surface area (Å²) in [5.41, 5.74) is 0. The van der Waals surface area contributed by atoms with Gasteiger partial charge >= 0.3 is 0 Å². The lowest BCUT2D eigenvalue weighted by atomic mass is 10.3. The topological polar surface area (TPSA) is 66.0 Å². The molecule has 0 aliphatic carbocycles. The van der Waals surface area contributed by atoms with E-state index in [2.05, 4.69) is 15.6 Å². The molecule has 1 aromatic carbocycles. The van der Waals surface area contributed by atoms with Gasteiger partial charge in [-0.1, -0.05) is 6.07 Å². The second kappa shape index (κ2) is 10.5. The highest BCUT2D eigenvalue weighted by molar-refractivity contribution is 5.81. The van der Waals surface area contributed by atoms with Crippen molar-refractivity contribution < 1.29 is 13.9 Å². The molecule has 0 bridgehead atoms. The van der Waals surface area contributed by atoms with Gasteiger partial charge in [0.25, 0.3) is 0 Å². The Balaban J connectivity index is 2.47. The van der Waals surface area contributed by atoms with E-state index in [4.69, 9.17) is 4.74 Å². The average molecular weight is 338 g/mol. The van der Waals surface area contributed by atoms with E-state index in [1.807, 2.05) is 13.8 Å². The lowest BCUT2D eigenvalue weighted by Crippen LogP contribution is -2.39. The predicted molar refractivity (Wildman–Crippen MR) is 93.8 cm³/mol. The van der Waals surface area contributed by atoms with Crippen molar-refractivity contribution in [2.45, 2.75) is 26.4 Å². The van der Waals surface area contributed by atoms with Crippen molar-refractivity contribution in [1.82, 2.24) is 15.5 Å². The highest BCUT2D eigenvalue weighted by Gasteiger charge is 2.07. The van der Waals surface area contributed by atoms with Gasteiger partial charge in [-0.2, -0.15) is 0 Å². The maximum atomic E-state index is 13.1. The fourth-order valence-electron chi connectivity index (χ4n) is 1.88. The Morgan fingerprint density at radius 1 is 1.38 bits per heavy atom. The van der Waals surface area contributed by atoms with Crippen LogP contribution in [0.5, 0.6) is 5.75 Å². The lowest BCUT2D eigenvalue weighted by molar-refractivity contribution is -0.128. The number of hydrogen-bond acceptors (Lipinski definition) is 3. The summed E-state index contributed by atoms with van der Waals surface area (Å²) in [5, 5.41) is 6.22. The molecule has 0 heterocycles. The molecule has 0 saturated heterocycles. The molecule has 0 saturated carbocycles. The van der Waals surface area contributed by atoms with E-state index in [0.717, 1.165) is 0 Å². The van der Waals surface area contributed by atoms with Gasteiger partial charge in [0.15, 0.2) is 5.96 Å². The Morgan fingerprint density at radius 3 is 2.75 bits per heavy atom. The van der Waals surface area contributed by atoms with Gasteiger partial charge < -0.3 is 20.3 Å². The quantitative estimate of drug-likeness (QED) is 0.558. The zero-order chi connectivity index (χ0) is 17.9. The number of benzene rings is 1. The number of rotatable bonds is 8.